The molecular weight excluding hydrogens is 172 g/mol. The highest BCUT2D eigenvalue weighted by Crippen LogP contribution is 2.51. The Morgan fingerprint density at radius 3 is 2.57 bits per heavy atom. The predicted molar refractivity (Wildman–Crippen MR) is 57.9 cm³/mol. The van der Waals surface area contributed by atoms with Crippen LogP contribution in [0.5, 0.6) is 0 Å². The molecule has 1 heteroatoms. The predicted octanol–water partition coefficient (Wildman–Crippen LogP) is 3.12. The van der Waals surface area contributed by atoms with Gasteiger partial charge in [-0.3, -0.25) is 4.79 Å². The van der Waals surface area contributed by atoms with Crippen LogP contribution in [0.2, 0.25) is 0 Å². The number of rotatable bonds is 0. The van der Waals surface area contributed by atoms with Gasteiger partial charge in [0.15, 0.2) is 5.78 Å². The molecule has 0 bridgehead atoms. The number of allylic oxidation sites excluding steroid dienone is 4. The van der Waals surface area contributed by atoms with Gasteiger partial charge < -0.3 is 0 Å². The second-order valence-electron chi connectivity index (χ2n) is 5.54. The SMILES string of the molecule is CC1(C)CC=CC2(C)CC=CC(=O)C12. The molecule has 2 atom stereocenters. The van der Waals surface area contributed by atoms with Crippen LogP contribution < -0.4 is 0 Å². The third-order valence-electron chi connectivity index (χ3n) is 3.71. The van der Waals surface area contributed by atoms with Gasteiger partial charge >= 0.3 is 0 Å². The van der Waals surface area contributed by atoms with Gasteiger partial charge in [0.05, 0.1) is 0 Å². The normalized spacial score (nSPS) is 39.6. The minimum atomic E-state index is 0.0631. The van der Waals surface area contributed by atoms with Crippen molar-refractivity contribution in [3.63, 3.8) is 0 Å². The summed E-state index contributed by atoms with van der Waals surface area (Å²) in [6.45, 7) is 6.61. The minimum Gasteiger partial charge on any atom is -0.295 e. The Morgan fingerprint density at radius 1 is 1.21 bits per heavy atom. The van der Waals surface area contributed by atoms with Crippen molar-refractivity contribution in [2.45, 2.75) is 33.6 Å². The van der Waals surface area contributed by atoms with Crippen molar-refractivity contribution in [1.29, 1.82) is 0 Å². The second-order valence-corrected chi connectivity index (χ2v) is 5.54. The van der Waals surface area contributed by atoms with Gasteiger partial charge in [-0.2, -0.15) is 0 Å². The zero-order valence-corrected chi connectivity index (χ0v) is 9.21. The van der Waals surface area contributed by atoms with Crippen LogP contribution in [0.4, 0.5) is 0 Å². The molecule has 0 aromatic carbocycles. The Labute approximate surface area is 85.9 Å². The van der Waals surface area contributed by atoms with E-state index in [2.05, 4.69) is 32.9 Å². The van der Waals surface area contributed by atoms with Crippen molar-refractivity contribution >= 4 is 5.78 Å². The summed E-state index contributed by atoms with van der Waals surface area (Å²) < 4.78 is 0. The lowest BCUT2D eigenvalue weighted by Gasteiger charge is -2.47. The first-order valence-electron chi connectivity index (χ1n) is 5.34. The maximum Gasteiger partial charge on any atom is 0.159 e. The number of hydrogen-bond acceptors (Lipinski definition) is 1. The van der Waals surface area contributed by atoms with E-state index in [1.165, 1.54) is 0 Å². The molecule has 2 unspecified atom stereocenters. The molecule has 2 aliphatic carbocycles. The van der Waals surface area contributed by atoms with Crippen LogP contribution in [0.3, 0.4) is 0 Å². The first-order chi connectivity index (χ1) is 6.46. The zero-order chi connectivity index (χ0) is 10.4. The summed E-state index contributed by atoms with van der Waals surface area (Å²) >= 11 is 0. The fourth-order valence-corrected chi connectivity index (χ4v) is 3.16. The molecule has 14 heavy (non-hydrogen) atoms. The van der Waals surface area contributed by atoms with E-state index in [-0.39, 0.29) is 16.7 Å². The van der Waals surface area contributed by atoms with Gasteiger partial charge in [0, 0.05) is 5.92 Å². The number of hydrogen-bond donors (Lipinski definition) is 0. The fraction of sp³-hybridized carbons (Fsp3) is 0.615. The molecule has 0 aromatic heterocycles. The van der Waals surface area contributed by atoms with Crippen molar-refractivity contribution in [3.05, 3.63) is 24.3 Å². The number of carbonyl (C=O) groups excluding carboxylic acids is 1. The van der Waals surface area contributed by atoms with Gasteiger partial charge in [-0.15, -0.1) is 0 Å². The van der Waals surface area contributed by atoms with Crippen molar-refractivity contribution in [1.82, 2.24) is 0 Å². The average Bonchev–Trinajstić information content (AvgIpc) is 2.00. The van der Waals surface area contributed by atoms with Gasteiger partial charge in [-0.25, -0.2) is 0 Å². The Morgan fingerprint density at radius 2 is 1.93 bits per heavy atom. The van der Waals surface area contributed by atoms with E-state index in [1.54, 1.807) is 6.08 Å². The molecule has 0 saturated heterocycles. The molecule has 0 N–H and O–H groups in total. The van der Waals surface area contributed by atoms with E-state index in [0.29, 0.717) is 5.78 Å². The summed E-state index contributed by atoms with van der Waals surface area (Å²) in [6, 6.07) is 0. The summed E-state index contributed by atoms with van der Waals surface area (Å²) in [5, 5.41) is 0. The van der Waals surface area contributed by atoms with E-state index in [4.69, 9.17) is 0 Å². The lowest BCUT2D eigenvalue weighted by Crippen LogP contribution is -2.45. The smallest absolute Gasteiger partial charge is 0.159 e. The van der Waals surface area contributed by atoms with Gasteiger partial charge in [0.1, 0.15) is 0 Å². The van der Waals surface area contributed by atoms with Crippen LogP contribution in [0.1, 0.15) is 33.6 Å². The molecule has 2 aliphatic rings. The molecule has 1 nitrogen and oxygen atoms in total. The summed E-state index contributed by atoms with van der Waals surface area (Å²) in [5.74, 6) is 0.484. The van der Waals surface area contributed by atoms with Crippen LogP contribution >= 0.6 is 0 Å². The Hall–Kier alpha value is -0.850. The highest BCUT2D eigenvalue weighted by Gasteiger charge is 2.48. The number of ketones is 1. The van der Waals surface area contributed by atoms with Crippen LogP contribution in [0.15, 0.2) is 24.3 Å². The van der Waals surface area contributed by atoms with Crippen molar-refractivity contribution in [2.24, 2.45) is 16.7 Å². The van der Waals surface area contributed by atoms with Crippen LogP contribution in [0, 0.1) is 16.7 Å². The van der Waals surface area contributed by atoms with E-state index in [0.717, 1.165) is 12.8 Å². The zero-order valence-electron chi connectivity index (χ0n) is 9.21. The molecule has 0 radical (unpaired) electrons. The third-order valence-corrected chi connectivity index (χ3v) is 3.71. The molecular formula is C13H18O. The first-order valence-corrected chi connectivity index (χ1v) is 5.34. The molecule has 0 amide bonds. The molecule has 0 spiro atoms. The van der Waals surface area contributed by atoms with Gasteiger partial charge in [0.25, 0.3) is 0 Å². The molecule has 2 rings (SSSR count). The average molecular weight is 190 g/mol. The van der Waals surface area contributed by atoms with Crippen molar-refractivity contribution in [2.75, 3.05) is 0 Å². The largest absolute Gasteiger partial charge is 0.295 e. The Kier molecular flexibility index (Phi) is 1.95. The van der Waals surface area contributed by atoms with E-state index >= 15 is 0 Å². The van der Waals surface area contributed by atoms with E-state index < -0.39 is 0 Å². The monoisotopic (exact) mass is 190 g/mol. The summed E-state index contributed by atoms with van der Waals surface area (Å²) in [4.78, 5) is 11.9. The summed E-state index contributed by atoms with van der Waals surface area (Å²) in [5.41, 5.74) is 0.179. The highest BCUT2D eigenvalue weighted by atomic mass is 16.1. The number of fused-ring (bicyclic) bond motifs is 1. The quantitative estimate of drug-likeness (QED) is 0.536. The van der Waals surface area contributed by atoms with E-state index in [9.17, 15) is 4.79 Å². The highest BCUT2D eigenvalue weighted by molar-refractivity contribution is 5.94. The van der Waals surface area contributed by atoms with Crippen molar-refractivity contribution in [3.8, 4) is 0 Å². The standard InChI is InChI=1S/C13H18O/c1-12(2)7-5-9-13(3)8-4-6-10(14)11(12)13/h4-6,9,11H,7-8H2,1-3H3. The molecule has 76 valence electrons. The maximum atomic E-state index is 11.9. The topological polar surface area (TPSA) is 17.1 Å². The van der Waals surface area contributed by atoms with Crippen LogP contribution in [-0.2, 0) is 4.79 Å². The van der Waals surface area contributed by atoms with E-state index in [1.807, 2.05) is 6.08 Å². The first kappa shape index (κ1) is 9.70. The minimum absolute atomic E-state index is 0.0631. The third kappa shape index (κ3) is 1.26. The Balaban J connectivity index is 2.48. The second kappa shape index (κ2) is 2.82. The van der Waals surface area contributed by atoms with Crippen molar-refractivity contribution < 1.29 is 4.79 Å². The molecule has 0 aromatic rings. The van der Waals surface area contributed by atoms with Gasteiger partial charge in [0.2, 0.25) is 0 Å². The number of carbonyl (C=O) groups is 1. The lowest BCUT2D eigenvalue weighted by atomic mass is 9.55. The lowest BCUT2D eigenvalue weighted by molar-refractivity contribution is -0.127. The molecule has 0 heterocycles. The van der Waals surface area contributed by atoms with Gasteiger partial charge in [-0.05, 0) is 29.7 Å². The van der Waals surface area contributed by atoms with Crippen LogP contribution in [-0.4, -0.2) is 5.78 Å². The Bertz CT molecular complexity index is 322. The molecule has 0 saturated carbocycles. The van der Waals surface area contributed by atoms with Gasteiger partial charge in [-0.1, -0.05) is 39.0 Å². The fourth-order valence-electron chi connectivity index (χ4n) is 3.16. The maximum absolute atomic E-state index is 11.9. The summed E-state index contributed by atoms with van der Waals surface area (Å²) in [7, 11) is 0. The molecule has 0 aliphatic heterocycles. The summed E-state index contributed by atoms with van der Waals surface area (Å²) in [6.07, 6.45) is 10.3. The molecule has 0 fully saturated rings. The van der Waals surface area contributed by atoms with Crippen LogP contribution in [0.25, 0.3) is 0 Å².